The fraction of sp³-hybridized carbons (Fsp3) is 0.526. The zero-order chi connectivity index (χ0) is 21.5. The Morgan fingerprint density at radius 2 is 1.90 bits per heavy atom. The molecule has 0 bridgehead atoms. The third-order valence-corrected chi connectivity index (χ3v) is 7.82. The Balaban J connectivity index is 1.45. The molecule has 0 aliphatic carbocycles. The van der Waals surface area contributed by atoms with Crippen LogP contribution in [0.2, 0.25) is 0 Å². The summed E-state index contributed by atoms with van der Waals surface area (Å²) in [6, 6.07) is 2.32. The van der Waals surface area contributed by atoms with Crippen LogP contribution in [0.1, 0.15) is 12.8 Å². The molecule has 1 aromatic rings. The molecule has 30 heavy (non-hydrogen) atoms. The second kappa shape index (κ2) is 8.03. The van der Waals surface area contributed by atoms with E-state index in [-0.39, 0.29) is 29.9 Å². The molecule has 11 heteroatoms. The Kier molecular flexibility index (Phi) is 5.58. The van der Waals surface area contributed by atoms with Crippen molar-refractivity contribution in [1.82, 2.24) is 5.01 Å². The first-order chi connectivity index (χ1) is 14.3. The van der Waals surface area contributed by atoms with E-state index >= 15 is 0 Å². The maximum absolute atomic E-state index is 14.9. The molecule has 3 fully saturated rings. The number of nitrogens with zero attached hydrogens (tertiary/aromatic N) is 3. The van der Waals surface area contributed by atoms with Crippen LogP contribution < -0.4 is 21.4 Å². The lowest BCUT2D eigenvalue weighted by Crippen LogP contribution is -2.52. The fourth-order valence-corrected chi connectivity index (χ4v) is 6.24. The van der Waals surface area contributed by atoms with Gasteiger partial charge in [0.05, 0.1) is 18.8 Å². The van der Waals surface area contributed by atoms with Gasteiger partial charge in [0.25, 0.3) is 0 Å². The first-order valence-electron chi connectivity index (χ1n) is 9.77. The van der Waals surface area contributed by atoms with Gasteiger partial charge in [0.1, 0.15) is 11.8 Å². The van der Waals surface area contributed by atoms with Crippen molar-refractivity contribution in [1.29, 1.82) is 0 Å². The maximum Gasteiger partial charge on any atom is 0.414 e. The molecule has 3 aliphatic rings. The number of anilines is 2. The smallest absolute Gasteiger partial charge is 0.414 e. The molecule has 3 saturated heterocycles. The molecule has 4 N–H and O–H groups in total. The van der Waals surface area contributed by atoms with E-state index in [1.165, 1.54) is 22.3 Å². The minimum Gasteiger partial charge on any atom is -0.442 e. The van der Waals surface area contributed by atoms with Crippen LogP contribution in [0.5, 0.6) is 0 Å². The van der Waals surface area contributed by atoms with Crippen molar-refractivity contribution in [2.45, 2.75) is 18.9 Å². The van der Waals surface area contributed by atoms with Crippen LogP contribution in [0.3, 0.4) is 0 Å². The SMILES string of the molecule is N/C=C\N(N)CC1CN(c2cc(F)c(N3CCC4(CC3)CS(=O)C4)c(F)c2)C(=O)O1. The minimum atomic E-state index is -0.747. The highest BCUT2D eigenvalue weighted by Gasteiger charge is 2.45. The molecule has 1 aromatic carbocycles. The summed E-state index contributed by atoms with van der Waals surface area (Å²) in [5.74, 6) is 5.63. The first kappa shape index (κ1) is 20.9. The third-order valence-electron chi connectivity index (χ3n) is 5.95. The van der Waals surface area contributed by atoms with Crippen molar-refractivity contribution in [3.05, 3.63) is 36.2 Å². The molecular formula is C19H25F2N5O3S. The maximum atomic E-state index is 14.9. The zero-order valence-corrected chi connectivity index (χ0v) is 17.2. The number of rotatable bonds is 5. The highest BCUT2D eigenvalue weighted by molar-refractivity contribution is 7.86. The monoisotopic (exact) mass is 441 g/mol. The van der Waals surface area contributed by atoms with Gasteiger partial charge in [0.2, 0.25) is 0 Å². The lowest BCUT2D eigenvalue weighted by molar-refractivity contribution is 0.122. The van der Waals surface area contributed by atoms with Gasteiger partial charge < -0.3 is 20.4 Å². The summed E-state index contributed by atoms with van der Waals surface area (Å²) in [5, 5.41) is 1.27. The van der Waals surface area contributed by atoms with Crippen molar-refractivity contribution >= 4 is 28.3 Å². The van der Waals surface area contributed by atoms with Crippen molar-refractivity contribution in [2.24, 2.45) is 17.0 Å². The minimum absolute atomic E-state index is 0.0680. The van der Waals surface area contributed by atoms with Crippen LogP contribution in [-0.4, -0.2) is 59.1 Å². The normalized spacial score (nSPS) is 23.8. The predicted octanol–water partition coefficient (Wildman–Crippen LogP) is 1.24. The second-order valence-electron chi connectivity index (χ2n) is 8.13. The number of hydrazine groups is 1. The lowest BCUT2D eigenvalue weighted by Gasteiger charge is -2.47. The van der Waals surface area contributed by atoms with Crippen LogP contribution >= 0.6 is 0 Å². The van der Waals surface area contributed by atoms with Gasteiger partial charge >= 0.3 is 6.09 Å². The van der Waals surface area contributed by atoms with E-state index in [9.17, 15) is 17.8 Å². The van der Waals surface area contributed by atoms with Crippen LogP contribution in [0.15, 0.2) is 24.5 Å². The summed E-state index contributed by atoms with van der Waals surface area (Å²) in [4.78, 5) is 15.1. The van der Waals surface area contributed by atoms with Crippen molar-refractivity contribution in [3.63, 3.8) is 0 Å². The van der Waals surface area contributed by atoms with Gasteiger partial charge in [-0.15, -0.1) is 0 Å². The number of piperidine rings is 1. The number of hydrogen-bond acceptors (Lipinski definition) is 7. The van der Waals surface area contributed by atoms with E-state index in [1.54, 1.807) is 4.90 Å². The number of cyclic esters (lactones) is 1. The quantitative estimate of drug-likeness (QED) is 0.523. The Labute approximate surface area is 175 Å². The zero-order valence-electron chi connectivity index (χ0n) is 16.4. The van der Waals surface area contributed by atoms with Gasteiger partial charge in [-0.1, -0.05) is 0 Å². The topological polar surface area (TPSA) is 105 Å². The van der Waals surface area contributed by atoms with Crippen LogP contribution in [-0.2, 0) is 15.5 Å². The molecule has 0 saturated carbocycles. The number of benzene rings is 1. The molecule has 1 spiro atoms. The van der Waals surface area contributed by atoms with Crippen LogP contribution in [0.25, 0.3) is 0 Å². The highest BCUT2D eigenvalue weighted by Crippen LogP contribution is 2.42. The first-order valence-corrected chi connectivity index (χ1v) is 11.3. The molecule has 3 aliphatic heterocycles. The Hall–Kier alpha value is -2.40. The Morgan fingerprint density at radius 1 is 1.27 bits per heavy atom. The molecule has 1 atom stereocenters. The largest absolute Gasteiger partial charge is 0.442 e. The number of amides is 1. The van der Waals surface area contributed by atoms with E-state index in [0.717, 1.165) is 25.0 Å². The molecule has 0 radical (unpaired) electrons. The summed E-state index contributed by atoms with van der Waals surface area (Å²) in [7, 11) is -0.747. The fourth-order valence-electron chi connectivity index (χ4n) is 4.38. The molecular weight excluding hydrogens is 416 g/mol. The van der Waals surface area contributed by atoms with Gasteiger partial charge in [0, 0.05) is 59.9 Å². The number of halogens is 2. The number of hydrogen-bond donors (Lipinski definition) is 2. The molecule has 8 nitrogen and oxygen atoms in total. The number of nitrogens with two attached hydrogens (primary N) is 2. The summed E-state index contributed by atoms with van der Waals surface area (Å²) in [6.07, 6.45) is 2.98. The van der Waals surface area contributed by atoms with Gasteiger partial charge in [-0.3, -0.25) is 9.11 Å². The lowest BCUT2D eigenvalue weighted by atomic mass is 9.81. The Bertz CT molecular complexity index is 858. The number of carbonyl (C=O) groups is 1. The molecule has 1 unspecified atom stereocenters. The molecule has 3 heterocycles. The Morgan fingerprint density at radius 3 is 2.47 bits per heavy atom. The van der Waals surface area contributed by atoms with Crippen LogP contribution in [0, 0.1) is 17.0 Å². The van der Waals surface area contributed by atoms with Crippen LogP contribution in [0.4, 0.5) is 25.0 Å². The van der Waals surface area contributed by atoms with E-state index in [2.05, 4.69) is 0 Å². The molecule has 164 valence electrons. The van der Waals surface area contributed by atoms with E-state index < -0.39 is 34.6 Å². The van der Waals surface area contributed by atoms with Gasteiger partial charge in [-0.2, -0.15) is 0 Å². The number of carbonyl (C=O) groups excluding carboxylic acids is 1. The average molecular weight is 442 g/mol. The van der Waals surface area contributed by atoms with Gasteiger partial charge in [-0.05, 0) is 18.3 Å². The summed E-state index contributed by atoms with van der Waals surface area (Å²) in [5.41, 5.74) is 5.35. The van der Waals surface area contributed by atoms with Gasteiger partial charge in [-0.25, -0.2) is 19.4 Å². The molecule has 1 amide bonds. The predicted molar refractivity (Wildman–Crippen MR) is 110 cm³/mol. The summed E-state index contributed by atoms with van der Waals surface area (Å²) in [6.45, 7) is 1.34. The summed E-state index contributed by atoms with van der Waals surface area (Å²) < 4.78 is 46.4. The molecule has 0 aromatic heterocycles. The number of ether oxygens (including phenoxy) is 1. The average Bonchev–Trinajstić information content (AvgIpc) is 3.01. The summed E-state index contributed by atoms with van der Waals surface area (Å²) >= 11 is 0. The van der Waals surface area contributed by atoms with Crippen molar-refractivity contribution in [3.8, 4) is 0 Å². The van der Waals surface area contributed by atoms with Crippen molar-refractivity contribution < 1.29 is 22.5 Å². The molecule has 4 rings (SSSR count). The van der Waals surface area contributed by atoms with E-state index in [4.69, 9.17) is 16.3 Å². The third kappa shape index (κ3) is 3.95. The van der Waals surface area contributed by atoms with E-state index in [0.29, 0.717) is 24.6 Å². The van der Waals surface area contributed by atoms with E-state index in [1.807, 2.05) is 0 Å². The van der Waals surface area contributed by atoms with Crippen molar-refractivity contribution in [2.75, 3.05) is 47.5 Å². The second-order valence-corrected chi connectivity index (χ2v) is 9.59. The van der Waals surface area contributed by atoms with Gasteiger partial charge in [0.15, 0.2) is 11.6 Å². The highest BCUT2D eigenvalue weighted by atomic mass is 32.2. The standard InChI is InChI=1S/C19H25F2N5O3S/c20-15-7-13(26-10-14(29-18(26)27)9-25(23)6-3-22)8-16(21)17(15)24-4-1-19(2-5-24)11-30(28)12-19/h3,6-8,14H,1-2,4-5,9-12,22-23H2/b6-3-.